The van der Waals surface area contributed by atoms with Crippen LogP contribution in [0.1, 0.15) is 15.9 Å². The number of ether oxygens (including phenoxy) is 1. The first kappa shape index (κ1) is 20.8. The average molecular weight is 544 g/mol. The van der Waals surface area contributed by atoms with Crippen LogP contribution in [0.4, 0.5) is 0 Å². The van der Waals surface area contributed by atoms with Gasteiger partial charge in [0.15, 0.2) is 15.8 Å². The van der Waals surface area contributed by atoms with E-state index in [2.05, 4.69) is 37.3 Å². The van der Waals surface area contributed by atoms with Crippen molar-refractivity contribution in [3.63, 3.8) is 0 Å². The minimum Gasteiger partial charge on any atom is -0.503 e. The van der Waals surface area contributed by atoms with E-state index in [1.165, 1.54) is 7.11 Å². The number of hydrogen-bond donors (Lipinski definition) is 2. The van der Waals surface area contributed by atoms with Gasteiger partial charge in [-0.25, -0.2) is 0 Å². The smallest absolute Gasteiger partial charge is 0.285 e. The van der Waals surface area contributed by atoms with Crippen LogP contribution in [0.3, 0.4) is 0 Å². The van der Waals surface area contributed by atoms with Gasteiger partial charge in [-0.3, -0.25) is 15.0 Å². The maximum Gasteiger partial charge on any atom is 0.285 e. The molecule has 1 aliphatic rings. The van der Waals surface area contributed by atoms with Gasteiger partial charge in [0.25, 0.3) is 11.8 Å². The molecule has 0 atom stereocenters. The number of nitrogens with one attached hydrogen (secondary N) is 1. The zero-order valence-electron chi connectivity index (χ0n) is 14.2. The summed E-state index contributed by atoms with van der Waals surface area (Å²) in [5.74, 6) is -0.656. The zero-order valence-corrected chi connectivity index (χ0v) is 19.0. The number of thiocarbonyl (C=S) groups is 1. The lowest BCUT2D eigenvalue weighted by Crippen LogP contribution is -2.44. The van der Waals surface area contributed by atoms with Crippen molar-refractivity contribution >= 4 is 78.1 Å². The molecule has 6 nitrogen and oxygen atoms in total. The Hall–Kier alpha value is -1.88. The molecule has 10 heteroatoms. The van der Waals surface area contributed by atoms with Crippen LogP contribution in [0.25, 0.3) is 6.08 Å². The van der Waals surface area contributed by atoms with Crippen molar-refractivity contribution < 1.29 is 19.4 Å². The third kappa shape index (κ3) is 4.40. The fourth-order valence-corrected chi connectivity index (χ4v) is 4.22. The van der Waals surface area contributed by atoms with E-state index >= 15 is 0 Å². The van der Waals surface area contributed by atoms with Gasteiger partial charge >= 0.3 is 0 Å². The fourth-order valence-electron chi connectivity index (χ4n) is 2.32. The molecule has 0 aliphatic carbocycles. The summed E-state index contributed by atoms with van der Waals surface area (Å²) < 4.78 is 6.60. The third-order valence-corrected chi connectivity index (χ3v) is 6.12. The van der Waals surface area contributed by atoms with E-state index in [0.717, 1.165) is 21.2 Å². The minimum absolute atomic E-state index is 0.0334. The fraction of sp³-hybridized carbons (Fsp3) is 0.0556. The first-order valence-electron chi connectivity index (χ1n) is 7.71. The van der Waals surface area contributed by atoms with Gasteiger partial charge in [0.2, 0.25) is 0 Å². The van der Waals surface area contributed by atoms with Crippen LogP contribution < -0.4 is 10.2 Å². The van der Waals surface area contributed by atoms with E-state index in [1.807, 2.05) is 0 Å². The molecule has 144 valence electrons. The summed E-state index contributed by atoms with van der Waals surface area (Å²) in [6.07, 6.45) is 1.61. The first-order valence-corrected chi connectivity index (χ1v) is 10.5. The van der Waals surface area contributed by atoms with Gasteiger partial charge in [-0.05, 0) is 76.2 Å². The molecule has 1 fully saturated rings. The number of amides is 2. The van der Waals surface area contributed by atoms with Gasteiger partial charge in [0, 0.05) is 10.0 Å². The number of phenolic OH excluding ortho intramolecular Hbond substituents is 1. The molecule has 1 aliphatic heterocycles. The molecule has 1 saturated heterocycles. The highest BCUT2D eigenvalue weighted by Crippen LogP contribution is 2.37. The monoisotopic (exact) mass is 542 g/mol. The molecule has 0 unspecified atom stereocenters. The number of hydrogen-bond acceptors (Lipinski definition) is 6. The van der Waals surface area contributed by atoms with Gasteiger partial charge in [-0.2, -0.15) is 5.01 Å². The van der Waals surface area contributed by atoms with Crippen LogP contribution in [0, 0.1) is 0 Å². The number of aromatic hydroxyl groups is 1. The van der Waals surface area contributed by atoms with Gasteiger partial charge < -0.3 is 9.84 Å². The number of nitrogens with zero attached hydrogens (tertiary/aromatic N) is 1. The molecule has 0 saturated carbocycles. The summed E-state index contributed by atoms with van der Waals surface area (Å²) in [5.41, 5.74) is 3.55. The molecule has 2 amide bonds. The Bertz CT molecular complexity index is 1010. The number of carbonyl (C=O) groups is 2. The summed E-state index contributed by atoms with van der Waals surface area (Å²) in [4.78, 5) is 25.4. The lowest BCUT2D eigenvalue weighted by molar-refractivity contribution is -0.123. The van der Waals surface area contributed by atoms with Crippen molar-refractivity contribution in [2.24, 2.45) is 0 Å². The number of benzene rings is 2. The maximum atomic E-state index is 12.7. The number of rotatable bonds is 4. The average Bonchev–Trinajstić information content (AvgIpc) is 2.92. The topological polar surface area (TPSA) is 78.9 Å². The quantitative estimate of drug-likeness (QED) is 0.437. The summed E-state index contributed by atoms with van der Waals surface area (Å²) >= 11 is 12.8. The number of halogens is 2. The number of methoxy groups -OCH3 is 1. The maximum absolute atomic E-state index is 12.7. The summed E-state index contributed by atoms with van der Waals surface area (Å²) in [6, 6.07) is 9.96. The second-order valence-electron chi connectivity index (χ2n) is 5.52. The number of carbonyl (C=O) groups excluding carboxylic acids is 2. The molecule has 2 N–H and O–H groups in total. The highest BCUT2D eigenvalue weighted by Gasteiger charge is 2.33. The van der Waals surface area contributed by atoms with E-state index in [-0.39, 0.29) is 15.8 Å². The van der Waals surface area contributed by atoms with Crippen molar-refractivity contribution in [2.75, 3.05) is 7.11 Å². The van der Waals surface area contributed by atoms with Crippen LogP contribution in [0.15, 0.2) is 50.2 Å². The van der Waals surface area contributed by atoms with Crippen molar-refractivity contribution in [1.82, 2.24) is 10.4 Å². The molecular formula is C18H12Br2N2O4S2. The van der Waals surface area contributed by atoms with E-state index < -0.39 is 11.8 Å². The molecule has 0 aromatic heterocycles. The van der Waals surface area contributed by atoms with Crippen molar-refractivity contribution in [2.45, 2.75) is 0 Å². The van der Waals surface area contributed by atoms with Crippen LogP contribution in [0.5, 0.6) is 11.5 Å². The molecule has 28 heavy (non-hydrogen) atoms. The lowest BCUT2D eigenvalue weighted by Gasteiger charge is -2.15. The first-order chi connectivity index (χ1) is 13.3. The predicted molar refractivity (Wildman–Crippen MR) is 119 cm³/mol. The predicted octanol–water partition coefficient (Wildman–Crippen LogP) is 4.47. The highest BCUT2D eigenvalue weighted by atomic mass is 79.9. The Morgan fingerprint density at radius 2 is 1.96 bits per heavy atom. The van der Waals surface area contributed by atoms with Crippen LogP contribution in [-0.4, -0.2) is 33.4 Å². The standard InChI is InChI=1S/C18H12Br2N2O4S2/c1-26-13-7-9(6-12(20)15(13)23)8-14-17(25)22(18(27)28-14)21-16(24)10-2-4-11(19)5-3-10/h2-8,23H,1H3,(H,21,24)/b14-8+. The highest BCUT2D eigenvalue weighted by molar-refractivity contribution is 9.10. The van der Waals surface area contributed by atoms with Gasteiger partial charge in [0.05, 0.1) is 16.5 Å². The summed E-state index contributed by atoms with van der Waals surface area (Å²) in [5, 5.41) is 10.9. The second-order valence-corrected chi connectivity index (χ2v) is 8.96. The Morgan fingerprint density at radius 1 is 1.29 bits per heavy atom. The minimum atomic E-state index is -0.445. The van der Waals surface area contributed by atoms with E-state index in [0.29, 0.717) is 20.5 Å². The van der Waals surface area contributed by atoms with Gasteiger partial charge in [0.1, 0.15) is 0 Å². The number of phenols is 1. The van der Waals surface area contributed by atoms with Gasteiger partial charge in [-0.1, -0.05) is 27.7 Å². The molecule has 0 bridgehead atoms. The van der Waals surface area contributed by atoms with Gasteiger partial charge in [-0.15, -0.1) is 0 Å². The van der Waals surface area contributed by atoms with Crippen molar-refractivity contribution in [3.8, 4) is 11.5 Å². The van der Waals surface area contributed by atoms with Crippen LogP contribution >= 0.6 is 55.8 Å². The number of thioether (sulfide) groups is 1. The van der Waals surface area contributed by atoms with Crippen molar-refractivity contribution in [3.05, 3.63) is 61.4 Å². The van der Waals surface area contributed by atoms with Crippen LogP contribution in [0.2, 0.25) is 0 Å². The Labute approximate surface area is 187 Å². The SMILES string of the molecule is COc1cc(/C=C2/SC(=S)N(NC(=O)c3ccc(Br)cc3)C2=O)cc(Br)c1O. The second kappa shape index (κ2) is 8.64. The normalized spacial score (nSPS) is 15.2. The van der Waals surface area contributed by atoms with Crippen LogP contribution in [-0.2, 0) is 4.79 Å². The molecule has 1 heterocycles. The molecular weight excluding hydrogens is 532 g/mol. The van der Waals surface area contributed by atoms with E-state index in [1.54, 1.807) is 42.5 Å². The molecule has 2 aromatic carbocycles. The third-order valence-electron chi connectivity index (χ3n) is 3.68. The van der Waals surface area contributed by atoms with E-state index in [4.69, 9.17) is 17.0 Å². The Kier molecular flexibility index (Phi) is 6.43. The van der Waals surface area contributed by atoms with Crippen molar-refractivity contribution in [1.29, 1.82) is 0 Å². The number of hydrazine groups is 1. The molecule has 2 aromatic rings. The summed E-state index contributed by atoms with van der Waals surface area (Å²) in [6.45, 7) is 0. The lowest BCUT2D eigenvalue weighted by atomic mass is 10.2. The zero-order chi connectivity index (χ0) is 20.4. The Morgan fingerprint density at radius 3 is 2.61 bits per heavy atom. The summed E-state index contributed by atoms with van der Waals surface area (Å²) in [7, 11) is 1.43. The largest absolute Gasteiger partial charge is 0.503 e. The van der Waals surface area contributed by atoms with E-state index in [9.17, 15) is 14.7 Å². The Balaban J connectivity index is 1.81. The molecule has 0 spiro atoms. The molecule has 0 radical (unpaired) electrons. The molecule has 3 rings (SSSR count).